The number of benzene rings is 1. The van der Waals surface area contributed by atoms with E-state index >= 15 is 0 Å². The van der Waals surface area contributed by atoms with Crippen molar-refractivity contribution >= 4 is 16.9 Å². The summed E-state index contributed by atoms with van der Waals surface area (Å²) in [5.41, 5.74) is 2.04. The first kappa shape index (κ1) is 19.9. The zero-order chi connectivity index (χ0) is 19.9. The van der Waals surface area contributed by atoms with Crippen molar-refractivity contribution in [3.8, 4) is 0 Å². The zero-order valence-electron chi connectivity index (χ0n) is 16.8. The van der Waals surface area contributed by atoms with Crippen LogP contribution in [0.15, 0.2) is 41.8 Å². The molecule has 3 aromatic rings. The third kappa shape index (κ3) is 5.12. The lowest BCUT2D eigenvalue weighted by Gasteiger charge is -2.12. The number of H-pyrrole nitrogens is 1. The van der Waals surface area contributed by atoms with Crippen molar-refractivity contribution in [2.75, 3.05) is 13.1 Å². The molecule has 0 amide bonds. The lowest BCUT2D eigenvalue weighted by molar-refractivity contribution is 0.507. The number of halogens is 1. The number of rotatable bonds is 8. The van der Waals surface area contributed by atoms with E-state index in [0.29, 0.717) is 19.0 Å². The minimum absolute atomic E-state index is 0.215. The minimum Gasteiger partial charge on any atom is -0.361 e. The van der Waals surface area contributed by atoms with Crippen LogP contribution in [0.1, 0.15) is 32.2 Å². The monoisotopic (exact) mass is 384 g/mol. The number of guanidine groups is 1. The lowest BCUT2D eigenvalue weighted by atomic mass is 10.1. The van der Waals surface area contributed by atoms with E-state index in [4.69, 9.17) is 0 Å². The second kappa shape index (κ2) is 9.39. The first-order valence-corrected chi connectivity index (χ1v) is 9.84. The second-order valence-corrected chi connectivity index (χ2v) is 7.27. The van der Waals surface area contributed by atoms with Crippen LogP contribution in [0.5, 0.6) is 0 Å². The summed E-state index contributed by atoms with van der Waals surface area (Å²) < 4.78 is 15.7. The molecule has 6 nitrogen and oxygen atoms in total. The van der Waals surface area contributed by atoms with E-state index in [2.05, 4.69) is 44.0 Å². The van der Waals surface area contributed by atoms with E-state index < -0.39 is 0 Å². The van der Waals surface area contributed by atoms with Crippen LogP contribution < -0.4 is 10.6 Å². The number of hydrogen-bond donors (Lipinski definition) is 3. The highest BCUT2D eigenvalue weighted by Crippen LogP contribution is 2.19. The fourth-order valence-electron chi connectivity index (χ4n) is 3.22. The van der Waals surface area contributed by atoms with Gasteiger partial charge in [0.2, 0.25) is 0 Å². The van der Waals surface area contributed by atoms with E-state index in [-0.39, 0.29) is 5.82 Å². The van der Waals surface area contributed by atoms with Gasteiger partial charge >= 0.3 is 0 Å². The average Bonchev–Trinajstić information content (AvgIpc) is 3.26. The summed E-state index contributed by atoms with van der Waals surface area (Å²) in [6.45, 7) is 9.36. The lowest BCUT2D eigenvalue weighted by Crippen LogP contribution is -2.38. The molecule has 0 unspecified atom stereocenters. The maximum absolute atomic E-state index is 13.5. The maximum Gasteiger partial charge on any atom is 0.191 e. The van der Waals surface area contributed by atoms with Crippen LogP contribution in [0.3, 0.4) is 0 Å². The van der Waals surface area contributed by atoms with Crippen LogP contribution in [0, 0.1) is 11.7 Å². The minimum atomic E-state index is -0.215. The molecule has 0 fully saturated rings. The highest BCUT2D eigenvalue weighted by molar-refractivity contribution is 5.83. The van der Waals surface area contributed by atoms with Crippen molar-refractivity contribution in [2.24, 2.45) is 10.9 Å². The number of aliphatic imine (C=N–C) groups is 1. The smallest absolute Gasteiger partial charge is 0.191 e. The molecule has 1 aromatic carbocycles. The summed E-state index contributed by atoms with van der Waals surface area (Å²) in [6, 6.07) is 4.82. The second-order valence-electron chi connectivity index (χ2n) is 7.27. The molecule has 150 valence electrons. The van der Waals surface area contributed by atoms with Gasteiger partial charge in [-0.1, -0.05) is 13.8 Å². The first-order valence-electron chi connectivity index (χ1n) is 9.84. The third-order valence-electron chi connectivity index (χ3n) is 4.50. The van der Waals surface area contributed by atoms with Gasteiger partial charge in [-0.2, -0.15) is 0 Å². The molecular weight excluding hydrogens is 355 g/mol. The fraction of sp³-hybridized carbons (Fsp3) is 0.429. The van der Waals surface area contributed by atoms with Gasteiger partial charge in [-0.25, -0.2) is 14.4 Å². The Morgan fingerprint density at radius 2 is 2.18 bits per heavy atom. The van der Waals surface area contributed by atoms with Gasteiger partial charge in [0, 0.05) is 49.1 Å². The Morgan fingerprint density at radius 1 is 1.32 bits per heavy atom. The molecule has 7 heteroatoms. The summed E-state index contributed by atoms with van der Waals surface area (Å²) in [5.74, 6) is 2.06. The molecule has 0 saturated heterocycles. The zero-order valence-corrected chi connectivity index (χ0v) is 16.8. The van der Waals surface area contributed by atoms with Gasteiger partial charge in [0.25, 0.3) is 0 Å². The van der Waals surface area contributed by atoms with Crippen molar-refractivity contribution in [2.45, 2.75) is 40.3 Å². The summed E-state index contributed by atoms with van der Waals surface area (Å²) in [5, 5.41) is 7.55. The van der Waals surface area contributed by atoms with Crippen LogP contribution in [-0.4, -0.2) is 33.6 Å². The van der Waals surface area contributed by atoms with Gasteiger partial charge in [0.1, 0.15) is 18.2 Å². The van der Waals surface area contributed by atoms with Crippen LogP contribution in [0.4, 0.5) is 4.39 Å². The summed E-state index contributed by atoms with van der Waals surface area (Å²) in [4.78, 5) is 12.3. The van der Waals surface area contributed by atoms with Crippen molar-refractivity contribution < 1.29 is 4.39 Å². The van der Waals surface area contributed by atoms with Crippen molar-refractivity contribution in [3.63, 3.8) is 0 Å². The SMILES string of the molecule is CCNC(=NCc1nccn1CC(C)C)NCCc1c[nH]c2ccc(F)cc12. The molecule has 2 heterocycles. The molecule has 2 aromatic heterocycles. The molecule has 0 saturated carbocycles. The number of nitrogens with one attached hydrogen (secondary N) is 3. The summed E-state index contributed by atoms with van der Waals surface area (Å²) >= 11 is 0. The molecule has 0 bridgehead atoms. The number of nitrogens with zero attached hydrogens (tertiary/aromatic N) is 3. The Kier molecular flexibility index (Phi) is 6.68. The Labute approximate surface area is 165 Å². The molecule has 0 atom stereocenters. The molecule has 3 N–H and O–H groups in total. The van der Waals surface area contributed by atoms with Gasteiger partial charge in [-0.3, -0.25) is 0 Å². The summed E-state index contributed by atoms with van der Waals surface area (Å²) in [6.07, 6.45) is 6.54. The number of fused-ring (bicyclic) bond motifs is 1. The maximum atomic E-state index is 13.5. The van der Waals surface area contributed by atoms with Crippen LogP contribution in [0.25, 0.3) is 10.9 Å². The highest BCUT2D eigenvalue weighted by Gasteiger charge is 2.07. The van der Waals surface area contributed by atoms with Crippen LogP contribution >= 0.6 is 0 Å². The van der Waals surface area contributed by atoms with Crippen LogP contribution in [0.2, 0.25) is 0 Å². The van der Waals surface area contributed by atoms with E-state index in [1.807, 2.05) is 25.5 Å². The molecule has 0 aliphatic heterocycles. The molecular formula is C21H29FN6. The van der Waals surface area contributed by atoms with Crippen molar-refractivity contribution in [1.29, 1.82) is 0 Å². The number of imidazole rings is 1. The van der Waals surface area contributed by atoms with Crippen LogP contribution in [-0.2, 0) is 19.5 Å². The Balaban J connectivity index is 1.60. The Morgan fingerprint density at radius 3 is 2.96 bits per heavy atom. The number of aromatic nitrogens is 3. The van der Waals surface area contributed by atoms with E-state index in [1.165, 1.54) is 6.07 Å². The Bertz CT molecular complexity index is 924. The number of hydrogen-bond acceptors (Lipinski definition) is 2. The molecule has 0 aliphatic rings. The molecule has 0 spiro atoms. The standard InChI is InChI=1S/C21H29FN6/c1-4-23-21(27-13-20-24-9-10-28(20)14-15(2)3)25-8-7-16-12-26-19-6-5-17(22)11-18(16)19/h5-6,9-12,15,26H,4,7-8,13-14H2,1-3H3,(H2,23,25,27). The molecule has 3 rings (SSSR count). The predicted octanol–water partition coefficient (Wildman–Crippen LogP) is 3.46. The quantitative estimate of drug-likeness (QED) is 0.411. The fourth-order valence-corrected chi connectivity index (χ4v) is 3.22. The largest absolute Gasteiger partial charge is 0.361 e. The Hall–Kier alpha value is -2.83. The van der Waals surface area contributed by atoms with Gasteiger partial charge in [-0.15, -0.1) is 0 Å². The molecule has 0 aliphatic carbocycles. The van der Waals surface area contributed by atoms with E-state index in [1.54, 1.807) is 12.1 Å². The molecule has 0 radical (unpaired) electrons. The van der Waals surface area contributed by atoms with E-state index in [9.17, 15) is 4.39 Å². The van der Waals surface area contributed by atoms with Crippen molar-refractivity contribution in [1.82, 2.24) is 25.2 Å². The van der Waals surface area contributed by atoms with Crippen molar-refractivity contribution in [3.05, 3.63) is 54.0 Å². The third-order valence-corrected chi connectivity index (χ3v) is 4.50. The predicted molar refractivity (Wildman–Crippen MR) is 112 cm³/mol. The van der Waals surface area contributed by atoms with Gasteiger partial charge in [0.15, 0.2) is 5.96 Å². The summed E-state index contributed by atoms with van der Waals surface area (Å²) in [7, 11) is 0. The number of aromatic amines is 1. The highest BCUT2D eigenvalue weighted by atomic mass is 19.1. The van der Waals surface area contributed by atoms with Gasteiger partial charge in [0.05, 0.1) is 0 Å². The topological polar surface area (TPSA) is 70.0 Å². The van der Waals surface area contributed by atoms with E-state index in [0.717, 1.165) is 47.8 Å². The first-order chi connectivity index (χ1) is 13.6. The normalized spacial score (nSPS) is 12.1. The van der Waals surface area contributed by atoms with Gasteiger partial charge in [-0.05, 0) is 43.0 Å². The van der Waals surface area contributed by atoms with Gasteiger partial charge < -0.3 is 20.2 Å². The average molecular weight is 385 g/mol. The molecule has 28 heavy (non-hydrogen) atoms.